The maximum atomic E-state index is 14.0. The van der Waals surface area contributed by atoms with E-state index in [1.54, 1.807) is 0 Å². The van der Waals surface area contributed by atoms with E-state index in [0.717, 1.165) is 6.92 Å². The summed E-state index contributed by atoms with van der Waals surface area (Å²) >= 11 is -0.435. The molecule has 0 aromatic heterocycles. The third kappa shape index (κ3) is 8.95. The van der Waals surface area contributed by atoms with Gasteiger partial charge in [0.15, 0.2) is 5.50 Å². The van der Waals surface area contributed by atoms with E-state index in [1.807, 2.05) is 21.1 Å². The Bertz CT molecular complexity index is 923. The number of nitrogens with zero attached hydrogens (tertiary/aromatic N) is 1. The Kier molecular flexibility index (Phi) is 14.4. The fourth-order valence-electron chi connectivity index (χ4n) is 2.85. The van der Waals surface area contributed by atoms with Gasteiger partial charge < -0.3 is 33.8 Å². The Hall–Kier alpha value is -0.750. The van der Waals surface area contributed by atoms with E-state index >= 15 is 0 Å². The molecular formula is C20H25F18IN2OS. The predicted molar refractivity (Wildman–Crippen MR) is 112 cm³/mol. The summed E-state index contributed by atoms with van der Waals surface area (Å²) in [5.41, 5.74) is -3.43. The van der Waals surface area contributed by atoms with Crippen molar-refractivity contribution in [3.8, 4) is 0 Å². The number of thioether (sulfide) groups is 1. The van der Waals surface area contributed by atoms with Gasteiger partial charge >= 0.3 is 47.6 Å². The summed E-state index contributed by atoms with van der Waals surface area (Å²) in [5, 5.41) is 2.34. The zero-order valence-corrected chi connectivity index (χ0v) is 25.1. The van der Waals surface area contributed by atoms with Gasteiger partial charge in [0.1, 0.15) is 0 Å². The summed E-state index contributed by atoms with van der Waals surface area (Å²) in [6.45, 7) is 1.71. The summed E-state index contributed by atoms with van der Waals surface area (Å²) in [5.74, 6) is -60.4. The van der Waals surface area contributed by atoms with Gasteiger partial charge in [-0.3, -0.25) is 4.79 Å². The largest absolute Gasteiger partial charge is 1.00 e. The molecule has 0 aliphatic rings. The molecule has 43 heavy (non-hydrogen) atoms. The number of carbonyl (C=O) groups excluding carboxylic acids is 1. The van der Waals surface area contributed by atoms with Crippen molar-refractivity contribution >= 4 is 17.7 Å². The molecule has 0 aliphatic heterocycles. The van der Waals surface area contributed by atoms with Crippen LogP contribution < -0.4 is 29.3 Å². The minimum Gasteiger partial charge on any atom is -1.00 e. The molecule has 0 radical (unpaired) electrons. The summed E-state index contributed by atoms with van der Waals surface area (Å²) < 4.78 is 240. The van der Waals surface area contributed by atoms with Gasteiger partial charge in [0.05, 0.1) is 34.1 Å². The maximum Gasteiger partial charge on any atom is 0.460 e. The van der Waals surface area contributed by atoms with E-state index in [1.165, 1.54) is 0 Å². The lowest BCUT2D eigenvalue weighted by atomic mass is 9.88. The molecule has 3 nitrogen and oxygen atoms in total. The summed E-state index contributed by atoms with van der Waals surface area (Å²) in [7, 11) is 5.43. The average Bonchev–Trinajstić information content (AvgIpc) is 2.77. The summed E-state index contributed by atoms with van der Waals surface area (Å²) in [6.07, 6.45) is -10.6. The lowest BCUT2D eigenvalue weighted by Gasteiger charge is -2.42. The van der Waals surface area contributed by atoms with Gasteiger partial charge in [-0.1, -0.05) is 6.92 Å². The highest BCUT2D eigenvalue weighted by atomic mass is 127. The number of carbonyl (C=O) groups is 1. The molecule has 1 N–H and O–H groups in total. The van der Waals surface area contributed by atoms with Crippen LogP contribution in [0, 0.1) is 5.92 Å². The van der Waals surface area contributed by atoms with E-state index < -0.39 is 88.9 Å². The maximum absolute atomic E-state index is 14.0. The molecule has 0 saturated carbocycles. The lowest BCUT2D eigenvalue weighted by molar-refractivity contribution is -0.870. The molecule has 0 heterocycles. The summed E-state index contributed by atoms with van der Waals surface area (Å²) in [4.78, 5) is 11.9. The van der Waals surface area contributed by atoms with Crippen molar-refractivity contribution in [2.24, 2.45) is 5.92 Å². The van der Waals surface area contributed by atoms with Crippen LogP contribution in [-0.4, -0.2) is 104 Å². The standard InChI is InChI=1S/C20H24F18N2OS.HI/c1-10(12(41)39-6-5-7-40(2,3)4)9-42-11(21)8-13(22,23)14(24,25)15(26,27)16(28,29)17(30,31)18(32,33)19(34,35)20(36,37)38;/h10-11H,5-9H2,1-4H3;1H. The van der Waals surface area contributed by atoms with E-state index in [4.69, 9.17) is 0 Å². The van der Waals surface area contributed by atoms with Crippen LogP contribution in [0.5, 0.6) is 0 Å². The molecular weight excluding hydrogens is 785 g/mol. The highest BCUT2D eigenvalue weighted by Gasteiger charge is 2.95. The second kappa shape index (κ2) is 13.9. The molecule has 0 aromatic rings. The van der Waals surface area contributed by atoms with Crippen molar-refractivity contribution in [1.29, 1.82) is 0 Å². The molecule has 0 rings (SSSR count). The Morgan fingerprint density at radius 3 is 1.44 bits per heavy atom. The molecule has 0 bridgehead atoms. The van der Waals surface area contributed by atoms with E-state index in [2.05, 4.69) is 5.32 Å². The van der Waals surface area contributed by atoms with Crippen molar-refractivity contribution < 1.29 is 112 Å². The topological polar surface area (TPSA) is 29.1 Å². The van der Waals surface area contributed by atoms with Gasteiger partial charge in [-0.2, -0.15) is 74.6 Å². The van der Waals surface area contributed by atoms with Gasteiger partial charge in [0.25, 0.3) is 0 Å². The van der Waals surface area contributed by atoms with Crippen LogP contribution >= 0.6 is 11.8 Å². The number of nitrogens with one attached hydrogen (secondary N) is 1. The van der Waals surface area contributed by atoms with E-state index in [-0.39, 0.29) is 30.5 Å². The number of quaternary nitrogens is 1. The van der Waals surface area contributed by atoms with Crippen molar-refractivity contribution in [3.05, 3.63) is 0 Å². The molecule has 1 amide bonds. The van der Waals surface area contributed by atoms with Crippen molar-refractivity contribution in [2.45, 2.75) is 72.9 Å². The Balaban J connectivity index is 0. The first-order chi connectivity index (χ1) is 18.2. The van der Waals surface area contributed by atoms with Gasteiger partial charge in [-0.15, -0.1) is 11.8 Å². The first kappa shape index (κ1) is 44.4. The number of hydrogen-bond acceptors (Lipinski definition) is 2. The third-order valence-corrected chi connectivity index (χ3v) is 6.70. The quantitative estimate of drug-likeness (QED) is 0.109. The zero-order valence-electron chi connectivity index (χ0n) is 22.1. The predicted octanol–water partition coefficient (Wildman–Crippen LogP) is 4.27. The smallest absolute Gasteiger partial charge is 0.460 e. The first-order valence-corrected chi connectivity index (χ1v) is 12.3. The van der Waals surface area contributed by atoms with Crippen molar-refractivity contribution in [3.63, 3.8) is 0 Å². The first-order valence-electron chi connectivity index (χ1n) is 11.2. The van der Waals surface area contributed by atoms with Crippen LogP contribution in [0.25, 0.3) is 0 Å². The van der Waals surface area contributed by atoms with Crippen LogP contribution in [0.15, 0.2) is 0 Å². The van der Waals surface area contributed by atoms with Crippen LogP contribution in [0.4, 0.5) is 79.0 Å². The molecule has 0 aliphatic carbocycles. The number of rotatable bonds is 16. The minimum absolute atomic E-state index is 0. The number of amides is 1. The second-order valence-electron chi connectivity index (χ2n) is 10.2. The van der Waals surface area contributed by atoms with Crippen molar-refractivity contribution in [2.75, 3.05) is 40.0 Å². The van der Waals surface area contributed by atoms with Gasteiger partial charge in [0, 0.05) is 24.6 Å². The fraction of sp³-hybridized carbons (Fsp3) is 0.950. The molecule has 0 spiro atoms. The second-order valence-corrected chi connectivity index (χ2v) is 11.3. The van der Waals surface area contributed by atoms with E-state index in [9.17, 15) is 83.8 Å². The Morgan fingerprint density at radius 1 is 0.698 bits per heavy atom. The normalized spacial score (nSPS) is 16.4. The highest BCUT2D eigenvalue weighted by molar-refractivity contribution is 7.99. The minimum atomic E-state index is -8.74. The fourth-order valence-corrected chi connectivity index (χ4v) is 3.82. The Labute approximate surface area is 254 Å². The zero-order chi connectivity index (χ0) is 34.2. The van der Waals surface area contributed by atoms with Gasteiger partial charge in [-0.25, -0.2) is 4.39 Å². The third-order valence-electron chi connectivity index (χ3n) is 5.48. The Morgan fingerprint density at radius 2 is 1.07 bits per heavy atom. The summed E-state index contributed by atoms with van der Waals surface area (Å²) in [6, 6.07) is 0. The number of hydrogen-bond donors (Lipinski definition) is 1. The van der Waals surface area contributed by atoms with Gasteiger partial charge in [0.2, 0.25) is 5.91 Å². The van der Waals surface area contributed by atoms with Crippen LogP contribution in [0.3, 0.4) is 0 Å². The molecule has 2 unspecified atom stereocenters. The number of halogens is 19. The molecule has 2 atom stereocenters. The highest BCUT2D eigenvalue weighted by Crippen LogP contribution is 2.64. The molecule has 0 aromatic carbocycles. The molecule has 0 fully saturated rings. The molecule has 260 valence electrons. The number of alkyl halides is 18. The van der Waals surface area contributed by atoms with E-state index in [0.29, 0.717) is 17.4 Å². The average molecular weight is 810 g/mol. The molecule has 23 heteroatoms. The lowest BCUT2D eigenvalue weighted by Crippen LogP contribution is -3.00. The van der Waals surface area contributed by atoms with Gasteiger partial charge in [-0.05, 0) is 0 Å². The van der Waals surface area contributed by atoms with Crippen molar-refractivity contribution in [1.82, 2.24) is 5.32 Å². The van der Waals surface area contributed by atoms with Crippen LogP contribution in [0.1, 0.15) is 19.8 Å². The molecule has 0 saturated heterocycles. The monoisotopic (exact) mass is 810 g/mol. The van der Waals surface area contributed by atoms with Crippen LogP contribution in [0.2, 0.25) is 0 Å². The van der Waals surface area contributed by atoms with Crippen LogP contribution in [-0.2, 0) is 4.79 Å². The SMILES string of the molecule is CC(CSC(F)CC(F)(F)C(F)(F)C(F)(F)C(F)(F)C(F)(F)C(F)(F)C(F)(F)C(F)(F)F)C(=O)NCCC[N+](C)(C)C.[I-].